The average molecular weight is 247 g/mol. The lowest BCUT2D eigenvalue weighted by molar-refractivity contribution is -0.255. The third-order valence-electron chi connectivity index (χ3n) is 1.78. The van der Waals surface area contributed by atoms with Crippen LogP contribution in [-0.2, 0) is 11.0 Å². The molecular formula is C10H6F3O4-. The van der Waals surface area contributed by atoms with Crippen LogP contribution in [0.2, 0.25) is 0 Å². The first-order valence-electron chi connectivity index (χ1n) is 4.33. The third-order valence-corrected chi connectivity index (χ3v) is 1.78. The van der Waals surface area contributed by atoms with Crippen molar-refractivity contribution < 1.29 is 32.6 Å². The zero-order chi connectivity index (χ0) is 13.2. The average Bonchev–Trinajstić information content (AvgIpc) is 2.14. The van der Waals surface area contributed by atoms with Crippen LogP contribution in [0.1, 0.15) is 22.8 Å². The minimum absolute atomic E-state index is 0.437. The summed E-state index contributed by atoms with van der Waals surface area (Å²) in [7, 11) is 0. The molecule has 1 aromatic carbocycles. The molecule has 7 heteroatoms. The second kappa shape index (κ2) is 4.44. The maximum Gasteiger partial charge on any atom is 0.416 e. The lowest BCUT2D eigenvalue weighted by atomic mass is 10.1. The van der Waals surface area contributed by atoms with Crippen LogP contribution in [0.3, 0.4) is 0 Å². The normalized spacial score (nSPS) is 11.1. The van der Waals surface area contributed by atoms with Gasteiger partial charge in [-0.15, -0.1) is 0 Å². The maximum atomic E-state index is 12.3. The number of halogens is 3. The van der Waals surface area contributed by atoms with Crippen molar-refractivity contribution in [2.45, 2.75) is 13.1 Å². The molecule has 1 rings (SSSR count). The van der Waals surface area contributed by atoms with Gasteiger partial charge in [-0.25, -0.2) is 0 Å². The van der Waals surface area contributed by atoms with E-state index in [4.69, 9.17) is 0 Å². The van der Waals surface area contributed by atoms with E-state index < -0.39 is 35.0 Å². The molecule has 0 heterocycles. The van der Waals surface area contributed by atoms with E-state index in [2.05, 4.69) is 4.74 Å². The molecule has 0 N–H and O–H groups in total. The number of rotatable bonds is 2. The molecule has 0 spiro atoms. The Morgan fingerprint density at radius 1 is 1.29 bits per heavy atom. The summed E-state index contributed by atoms with van der Waals surface area (Å²) in [4.78, 5) is 21.2. The maximum absolute atomic E-state index is 12.3. The van der Waals surface area contributed by atoms with Gasteiger partial charge in [-0.1, -0.05) is 0 Å². The molecule has 0 aliphatic rings. The first-order valence-corrected chi connectivity index (χ1v) is 4.33. The number of esters is 1. The molecule has 0 saturated carbocycles. The highest BCUT2D eigenvalue weighted by molar-refractivity contribution is 5.90. The summed E-state index contributed by atoms with van der Waals surface area (Å²) in [6.45, 7) is 0.944. The number of carboxylic acid groups (broad SMARTS) is 1. The number of alkyl halides is 3. The molecule has 0 aliphatic heterocycles. The predicted octanol–water partition coefficient (Wildman–Crippen LogP) is 0.994. The lowest BCUT2D eigenvalue weighted by Crippen LogP contribution is -2.24. The smallest absolute Gasteiger partial charge is 0.416 e. The molecule has 0 saturated heterocycles. The number of ether oxygens (including phenoxy) is 1. The molecule has 17 heavy (non-hydrogen) atoms. The topological polar surface area (TPSA) is 66.4 Å². The van der Waals surface area contributed by atoms with Crippen molar-refractivity contribution in [1.29, 1.82) is 0 Å². The number of carboxylic acids is 1. The summed E-state index contributed by atoms with van der Waals surface area (Å²) < 4.78 is 41.4. The summed E-state index contributed by atoms with van der Waals surface area (Å²) in [5.74, 6) is -3.34. The highest BCUT2D eigenvalue weighted by Gasteiger charge is 2.31. The van der Waals surface area contributed by atoms with Gasteiger partial charge in [0.2, 0.25) is 0 Å². The van der Waals surface area contributed by atoms with E-state index in [9.17, 15) is 27.9 Å². The molecule has 0 unspecified atom stereocenters. The standard InChI is InChI=1S/C10H7F3O4/c1-5(14)17-8-4-6(10(11,12)13)2-3-7(8)9(15)16/h2-4H,1H3,(H,15,16)/p-1. The van der Waals surface area contributed by atoms with Gasteiger partial charge in [-0.3, -0.25) is 4.79 Å². The monoisotopic (exact) mass is 247 g/mol. The van der Waals surface area contributed by atoms with Gasteiger partial charge in [0.1, 0.15) is 5.75 Å². The van der Waals surface area contributed by atoms with Crippen molar-refractivity contribution in [3.05, 3.63) is 29.3 Å². The van der Waals surface area contributed by atoms with Crippen LogP contribution >= 0.6 is 0 Å². The third kappa shape index (κ3) is 3.20. The molecule has 92 valence electrons. The van der Waals surface area contributed by atoms with Crippen LogP contribution in [0, 0.1) is 0 Å². The molecule has 0 fully saturated rings. The van der Waals surface area contributed by atoms with Crippen molar-refractivity contribution in [1.82, 2.24) is 0 Å². The zero-order valence-corrected chi connectivity index (χ0v) is 8.50. The van der Waals surface area contributed by atoms with E-state index >= 15 is 0 Å². The summed E-state index contributed by atoms with van der Waals surface area (Å²) in [6, 6.07) is 1.68. The number of carbonyl (C=O) groups is 2. The fraction of sp³-hybridized carbons (Fsp3) is 0.200. The number of carbonyl (C=O) groups excluding carboxylic acids is 2. The van der Waals surface area contributed by atoms with E-state index in [0.717, 1.165) is 6.92 Å². The van der Waals surface area contributed by atoms with Gasteiger partial charge >= 0.3 is 12.1 Å². The predicted molar refractivity (Wildman–Crippen MR) is 47.1 cm³/mol. The Balaban J connectivity index is 3.29. The van der Waals surface area contributed by atoms with Gasteiger partial charge in [0, 0.05) is 12.5 Å². The van der Waals surface area contributed by atoms with E-state index in [1.165, 1.54) is 0 Å². The Labute approximate surface area is 93.6 Å². The van der Waals surface area contributed by atoms with Gasteiger partial charge in [-0.2, -0.15) is 13.2 Å². The van der Waals surface area contributed by atoms with Crippen LogP contribution in [0.5, 0.6) is 5.75 Å². The largest absolute Gasteiger partial charge is 0.545 e. The molecule has 0 atom stereocenters. The van der Waals surface area contributed by atoms with Crippen LogP contribution in [0.25, 0.3) is 0 Å². The van der Waals surface area contributed by atoms with Gasteiger partial charge in [0.25, 0.3) is 0 Å². The fourth-order valence-electron chi connectivity index (χ4n) is 1.11. The highest BCUT2D eigenvalue weighted by Crippen LogP contribution is 2.33. The van der Waals surface area contributed by atoms with Crippen molar-refractivity contribution in [2.24, 2.45) is 0 Å². The summed E-state index contributed by atoms with van der Waals surface area (Å²) in [6.07, 6.45) is -4.65. The fourth-order valence-corrected chi connectivity index (χ4v) is 1.11. The molecular weight excluding hydrogens is 241 g/mol. The van der Waals surface area contributed by atoms with Crippen molar-refractivity contribution in [3.8, 4) is 5.75 Å². The molecule has 1 aromatic rings. The van der Waals surface area contributed by atoms with E-state index in [1.807, 2.05) is 0 Å². The lowest BCUT2D eigenvalue weighted by Gasteiger charge is -2.13. The highest BCUT2D eigenvalue weighted by atomic mass is 19.4. The van der Waals surface area contributed by atoms with E-state index in [1.54, 1.807) is 0 Å². The SMILES string of the molecule is CC(=O)Oc1cc(C(F)(F)F)ccc1C(=O)[O-]. The second-order valence-electron chi connectivity index (χ2n) is 3.09. The summed E-state index contributed by atoms with van der Waals surface area (Å²) >= 11 is 0. The first kappa shape index (κ1) is 13.0. The zero-order valence-electron chi connectivity index (χ0n) is 8.50. The number of hydrogen-bond acceptors (Lipinski definition) is 4. The van der Waals surface area contributed by atoms with Crippen LogP contribution < -0.4 is 9.84 Å². The van der Waals surface area contributed by atoms with Crippen molar-refractivity contribution in [2.75, 3.05) is 0 Å². The first-order chi connectivity index (χ1) is 7.71. The van der Waals surface area contributed by atoms with Gasteiger partial charge in [0.05, 0.1) is 11.5 Å². The number of hydrogen-bond donors (Lipinski definition) is 0. The Morgan fingerprint density at radius 2 is 1.88 bits per heavy atom. The van der Waals surface area contributed by atoms with Gasteiger partial charge < -0.3 is 14.6 Å². The van der Waals surface area contributed by atoms with Crippen LogP contribution in [0.4, 0.5) is 13.2 Å². The van der Waals surface area contributed by atoms with E-state index in [0.29, 0.717) is 18.2 Å². The molecule has 0 bridgehead atoms. The van der Waals surface area contributed by atoms with Crippen molar-refractivity contribution >= 4 is 11.9 Å². The molecule has 4 nitrogen and oxygen atoms in total. The van der Waals surface area contributed by atoms with E-state index in [-0.39, 0.29) is 0 Å². The molecule has 0 radical (unpaired) electrons. The minimum atomic E-state index is -4.65. The Hall–Kier alpha value is -2.05. The van der Waals surface area contributed by atoms with Crippen molar-refractivity contribution in [3.63, 3.8) is 0 Å². The summed E-state index contributed by atoms with van der Waals surface area (Å²) in [5.41, 5.74) is -1.73. The Bertz CT molecular complexity index is 465. The Kier molecular flexibility index (Phi) is 3.40. The minimum Gasteiger partial charge on any atom is -0.545 e. The van der Waals surface area contributed by atoms with Crippen LogP contribution in [0.15, 0.2) is 18.2 Å². The second-order valence-corrected chi connectivity index (χ2v) is 3.09. The van der Waals surface area contributed by atoms with Gasteiger partial charge in [0.15, 0.2) is 0 Å². The number of benzene rings is 1. The quantitative estimate of drug-likeness (QED) is 0.577. The summed E-state index contributed by atoms with van der Waals surface area (Å²) in [5, 5.41) is 10.6. The van der Waals surface area contributed by atoms with Crippen LogP contribution in [-0.4, -0.2) is 11.9 Å². The van der Waals surface area contributed by atoms with Gasteiger partial charge in [-0.05, 0) is 18.2 Å². The molecule has 0 aromatic heterocycles. The molecule has 0 amide bonds. The number of aromatic carboxylic acids is 1. The molecule has 0 aliphatic carbocycles. The Morgan fingerprint density at radius 3 is 2.29 bits per heavy atom.